The Morgan fingerprint density at radius 3 is 2.48 bits per heavy atom. The molecule has 2 aromatic rings. The molecule has 0 radical (unpaired) electrons. The molecule has 0 unspecified atom stereocenters. The summed E-state index contributed by atoms with van der Waals surface area (Å²) in [6, 6.07) is 11.3. The van der Waals surface area contributed by atoms with E-state index in [1.54, 1.807) is 26.5 Å². The molecule has 0 spiro atoms. The maximum atomic E-state index is 12.6. The number of anilines is 1. The molecule has 0 saturated carbocycles. The number of amides is 1. The summed E-state index contributed by atoms with van der Waals surface area (Å²) in [5.74, 6) is 2.26. The van der Waals surface area contributed by atoms with Crippen LogP contribution < -0.4 is 19.1 Å². The molecule has 1 aromatic heterocycles. The molecular formula is C20H26N3O4+. The molecule has 1 aromatic carbocycles. The number of pyridine rings is 1. The van der Waals surface area contributed by atoms with Gasteiger partial charge in [-0.1, -0.05) is 16.9 Å². The number of hydrogen-bond donors (Lipinski definition) is 1. The number of benzene rings is 1. The standard InChI is InChI=1S/C20H26N3O4/c1-26-17-8-6-16(15-18(17)27-2)7-9-20(24)22-13-11-21(12-14-22)19-5-3-4-10-23(19)25/h3-6,8,10,15,25H,7,9,11-14H2,1-2H3/q+1. The third kappa shape index (κ3) is 4.42. The lowest BCUT2D eigenvalue weighted by atomic mass is 10.1. The zero-order valence-electron chi connectivity index (χ0n) is 15.8. The Bertz CT molecular complexity index is 789. The second-order valence-corrected chi connectivity index (χ2v) is 6.46. The average molecular weight is 372 g/mol. The number of aryl methyl sites for hydroxylation is 1. The first-order valence-electron chi connectivity index (χ1n) is 9.06. The van der Waals surface area contributed by atoms with Gasteiger partial charge in [0.2, 0.25) is 5.91 Å². The van der Waals surface area contributed by atoms with Gasteiger partial charge in [-0.15, -0.1) is 0 Å². The van der Waals surface area contributed by atoms with Crippen LogP contribution in [0.2, 0.25) is 0 Å². The maximum absolute atomic E-state index is 12.6. The summed E-state index contributed by atoms with van der Waals surface area (Å²) in [5, 5.41) is 9.90. The number of rotatable bonds is 6. The third-order valence-electron chi connectivity index (χ3n) is 4.85. The summed E-state index contributed by atoms with van der Waals surface area (Å²) >= 11 is 0. The van der Waals surface area contributed by atoms with Gasteiger partial charge < -0.3 is 19.6 Å². The third-order valence-corrected chi connectivity index (χ3v) is 4.85. The van der Waals surface area contributed by atoms with E-state index >= 15 is 0 Å². The van der Waals surface area contributed by atoms with Crippen molar-refractivity contribution in [2.45, 2.75) is 12.8 Å². The highest BCUT2D eigenvalue weighted by Crippen LogP contribution is 2.28. The van der Waals surface area contributed by atoms with Gasteiger partial charge in [0.1, 0.15) is 19.3 Å². The maximum Gasteiger partial charge on any atom is 0.316 e. The van der Waals surface area contributed by atoms with E-state index in [1.807, 2.05) is 35.2 Å². The fraction of sp³-hybridized carbons (Fsp3) is 0.400. The topological polar surface area (TPSA) is 66.1 Å². The van der Waals surface area contributed by atoms with Crippen molar-refractivity contribution in [2.24, 2.45) is 0 Å². The van der Waals surface area contributed by atoms with E-state index in [1.165, 1.54) is 0 Å². The van der Waals surface area contributed by atoms with Crippen LogP contribution in [0.5, 0.6) is 11.5 Å². The SMILES string of the molecule is COc1ccc(CCC(=O)N2CCN(c3cccc[n+]3O)CC2)cc1OC. The lowest BCUT2D eigenvalue weighted by molar-refractivity contribution is -0.894. The van der Waals surface area contributed by atoms with E-state index in [-0.39, 0.29) is 5.91 Å². The highest BCUT2D eigenvalue weighted by Gasteiger charge is 2.27. The predicted octanol–water partition coefficient (Wildman–Crippen LogP) is 1.51. The molecule has 7 nitrogen and oxygen atoms in total. The number of nitrogens with zero attached hydrogens (tertiary/aromatic N) is 3. The van der Waals surface area contributed by atoms with Crippen molar-refractivity contribution in [3.8, 4) is 11.5 Å². The first kappa shape index (κ1) is 18.8. The molecule has 3 rings (SSSR count). The smallest absolute Gasteiger partial charge is 0.316 e. The van der Waals surface area contributed by atoms with Crippen molar-refractivity contribution >= 4 is 11.7 Å². The second-order valence-electron chi connectivity index (χ2n) is 6.46. The fourth-order valence-electron chi connectivity index (χ4n) is 3.31. The average Bonchev–Trinajstić information content (AvgIpc) is 2.72. The van der Waals surface area contributed by atoms with Crippen molar-refractivity contribution < 1.29 is 24.2 Å². The van der Waals surface area contributed by atoms with Crippen LogP contribution in [0.25, 0.3) is 0 Å². The zero-order valence-corrected chi connectivity index (χ0v) is 15.8. The summed E-state index contributed by atoms with van der Waals surface area (Å²) in [6.45, 7) is 2.71. The molecule has 1 aliphatic heterocycles. The lowest BCUT2D eigenvalue weighted by Gasteiger charge is -2.31. The van der Waals surface area contributed by atoms with Gasteiger partial charge in [0.05, 0.1) is 27.3 Å². The van der Waals surface area contributed by atoms with E-state index in [9.17, 15) is 10.0 Å². The molecular weight excluding hydrogens is 346 g/mol. The van der Waals surface area contributed by atoms with Crippen molar-refractivity contribution in [2.75, 3.05) is 45.3 Å². The highest BCUT2D eigenvalue weighted by molar-refractivity contribution is 5.76. The summed E-state index contributed by atoms with van der Waals surface area (Å²) in [5.41, 5.74) is 1.05. The van der Waals surface area contributed by atoms with Gasteiger partial charge in [-0.2, -0.15) is 0 Å². The molecule has 0 aliphatic carbocycles. The largest absolute Gasteiger partial charge is 0.493 e. The van der Waals surface area contributed by atoms with Crippen LogP contribution in [0.4, 0.5) is 5.82 Å². The van der Waals surface area contributed by atoms with Crippen molar-refractivity contribution in [3.63, 3.8) is 0 Å². The first-order valence-corrected chi connectivity index (χ1v) is 9.06. The minimum Gasteiger partial charge on any atom is -0.493 e. The molecule has 2 heterocycles. The van der Waals surface area contributed by atoms with Gasteiger partial charge in [0.15, 0.2) is 11.5 Å². The number of piperazine rings is 1. The number of carbonyl (C=O) groups excluding carboxylic acids is 1. The van der Waals surface area contributed by atoms with Crippen LogP contribution >= 0.6 is 0 Å². The van der Waals surface area contributed by atoms with Crippen LogP contribution in [0.3, 0.4) is 0 Å². The van der Waals surface area contributed by atoms with Gasteiger partial charge in [-0.3, -0.25) is 9.69 Å². The summed E-state index contributed by atoms with van der Waals surface area (Å²) in [4.78, 5) is 16.5. The van der Waals surface area contributed by atoms with Crippen LogP contribution in [0.15, 0.2) is 42.6 Å². The molecule has 27 heavy (non-hydrogen) atoms. The highest BCUT2D eigenvalue weighted by atomic mass is 16.5. The van der Waals surface area contributed by atoms with Gasteiger partial charge in [0.25, 0.3) is 0 Å². The first-order chi connectivity index (χ1) is 13.1. The van der Waals surface area contributed by atoms with E-state index in [4.69, 9.17) is 9.47 Å². The summed E-state index contributed by atoms with van der Waals surface area (Å²) < 4.78 is 11.7. The minimum absolute atomic E-state index is 0.148. The normalized spacial score (nSPS) is 14.1. The van der Waals surface area contributed by atoms with E-state index in [2.05, 4.69) is 4.90 Å². The zero-order chi connectivity index (χ0) is 19.2. The van der Waals surface area contributed by atoms with Gasteiger partial charge in [-0.05, 0) is 30.2 Å². The van der Waals surface area contributed by atoms with Crippen molar-refractivity contribution in [3.05, 3.63) is 48.2 Å². The van der Waals surface area contributed by atoms with E-state index in [0.717, 1.165) is 16.1 Å². The van der Waals surface area contributed by atoms with Crippen LogP contribution in [0, 0.1) is 0 Å². The summed E-state index contributed by atoms with van der Waals surface area (Å²) in [6.07, 6.45) is 2.73. The molecule has 1 fully saturated rings. The molecule has 1 N–H and O–H groups in total. The van der Waals surface area contributed by atoms with E-state index < -0.39 is 0 Å². The Morgan fingerprint density at radius 1 is 1.07 bits per heavy atom. The number of ether oxygens (including phenoxy) is 2. The molecule has 0 atom stereocenters. The van der Waals surface area contributed by atoms with Gasteiger partial charge >= 0.3 is 5.82 Å². The molecule has 1 amide bonds. The monoisotopic (exact) mass is 372 g/mol. The molecule has 1 saturated heterocycles. The Kier molecular flexibility index (Phi) is 6.01. The van der Waals surface area contributed by atoms with Gasteiger partial charge in [0, 0.05) is 12.5 Å². The van der Waals surface area contributed by atoms with Crippen molar-refractivity contribution in [1.29, 1.82) is 0 Å². The number of hydrogen-bond acceptors (Lipinski definition) is 5. The Hall–Kier alpha value is -2.96. The van der Waals surface area contributed by atoms with E-state index in [0.29, 0.717) is 50.5 Å². The molecule has 7 heteroatoms. The number of carbonyl (C=O) groups is 1. The molecule has 1 aliphatic rings. The quantitative estimate of drug-likeness (QED) is 0.615. The Balaban J connectivity index is 1.52. The van der Waals surface area contributed by atoms with Crippen LogP contribution in [0.1, 0.15) is 12.0 Å². The van der Waals surface area contributed by atoms with Gasteiger partial charge in [-0.25, -0.2) is 0 Å². The fourth-order valence-corrected chi connectivity index (χ4v) is 3.31. The molecule has 144 valence electrons. The predicted molar refractivity (Wildman–Crippen MR) is 100 cm³/mol. The Labute approximate surface area is 159 Å². The second kappa shape index (κ2) is 8.62. The van der Waals surface area contributed by atoms with Crippen molar-refractivity contribution in [1.82, 2.24) is 4.90 Å². The minimum atomic E-state index is 0.148. The lowest BCUT2D eigenvalue weighted by Crippen LogP contribution is -2.52. The summed E-state index contributed by atoms with van der Waals surface area (Å²) in [7, 11) is 3.21. The number of methoxy groups -OCH3 is 2. The van der Waals surface area contributed by atoms with Crippen LogP contribution in [-0.4, -0.2) is 56.4 Å². The number of aromatic nitrogens is 1. The van der Waals surface area contributed by atoms with Crippen LogP contribution in [-0.2, 0) is 11.2 Å². The Morgan fingerprint density at radius 2 is 1.81 bits per heavy atom. The molecule has 0 bridgehead atoms.